The fourth-order valence-corrected chi connectivity index (χ4v) is 4.96. The summed E-state index contributed by atoms with van der Waals surface area (Å²) < 4.78 is 2.13. The quantitative estimate of drug-likeness (QED) is 0.433. The van der Waals surface area contributed by atoms with E-state index in [4.69, 9.17) is 0 Å². The second-order valence-corrected chi connectivity index (χ2v) is 9.33. The summed E-state index contributed by atoms with van der Waals surface area (Å²) in [5.74, 6) is 1.28. The monoisotopic (exact) mass is 452 g/mol. The SMILES string of the molecule is Cc1nccn1Cc1cccc(CNC(=O)C2CCN(Cc3cccc4ccccc34)CC2)c1. The number of aryl methyl sites for hydroxylation is 1. The van der Waals surface area contributed by atoms with Crippen LogP contribution in [0.1, 0.15) is 35.4 Å². The van der Waals surface area contributed by atoms with Gasteiger partial charge in [0, 0.05) is 37.9 Å². The van der Waals surface area contributed by atoms with Crippen molar-refractivity contribution in [3.63, 3.8) is 0 Å². The summed E-state index contributed by atoms with van der Waals surface area (Å²) in [6.07, 6.45) is 5.65. The molecule has 1 fully saturated rings. The number of rotatable bonds is 7. The van der Waals surface area contributed by atoms with Gasteiger partial charge >= 0.3 is 0 Å². The Morgan fingerprint density at radius 1 is 0.971 bits per heavy atom. The van der Waals surface area contributed by atoms with E-state index in [1.807, 2.05) is 19.3 Å². The maximum atomic E-state index is 12.9. The van der Waals surface area contributed by atoms with Crippen LogP contribution in [0.25, 0.3) is 10.8 Å². The van der Waals surface area contributed by atoms with Crippen molar-refractivity contribution in [3.05, 3.63) is 102 Å². The predicted octanol–water partition coefficient (Wildman–Crippen LogP) is 4.92. The van der Waals surface area contributed by atoms with Crippen LogP contribution in [0.15, 0.2) is 79.1 Å². The Morgan fingerprint density at radius 2 is 1.74 bits per heavy atom. The van der Waals surface area contributed by atoms with Crippen LogP contribution in [0.2, 0.25) is 0 Å². The highest BCUT2D eigenvalue weighted by molar-refractivity contribution is 5.85. The third kappa shape index (κ3) is 5.20. The number of nitrogens with zero attached hydrogens (tertiary/aromatic N) is 3. The Morgan fingerprint density at radius 3 is 2.56 bits per heavy atom. The van der Waals surface area contributed by atoms with Crippen molar-refractivity contribution < 1.29 is 4.79 Å². The lowest BCUT2D eigenvalue weighted by Crippen LogP contribution is -2.40. The number of carbonyl (C=O) groups excluding carboxylic acids is 1. The number of imidazole rings is 1. The number of hydrogen-bond acceptors (Lipinski definition) is 3. The Kier molecular flexibility index (Phi) is 6.72. The highest BCUT2D eigenvalue weighted by Gasteiger charge is 2.25. The molecule has 174 valence electrons. The Labute approximate surface area is 201 Å². The predicted molar refractivity (Wildman–Crippen MR) is 136 cm³/mol. The molecule has 1 aliphatic rings. The third-order valence-electron chi connectivity index (χ3n) is 6.97. The van der Waals surface area contributed by atoms with E-state index in [0.717, 1.165) is 50.4 Å². The number of amides is 1. The van der Waals surface area contributed by atoms with Gasteiger partial charge in [-0.05, 0) is 60.3 Å². The second kappa shape index (κ2) is 10.2. The molecule has 0 radical (unpaired) electrons. The highest BCUT2D eigenvalue weighted by atomic mass is 16.1. The van der Waals surface area contributed by atoms with Crippen molar-refractivity contribution in [1.82, 2.24) is 19.8 Å². The van der Waals surface area contributed by atoms with Crippen molar-refractivity contribution in [1.29, 1.82) is 0 Å². The third-order valence-corrected chi connectivity index (χ3v) is 6.97. The number of aromatic nitrogens is 2. The lowest BCUT2D eigenvalue weighted by atomic mass is 9.95. The van der Waals surface area contributed by atoms with Crippen LogP contribution in [-0.2, 0) is 24.4 Å². The van der Waals surface area contributed by atoms with Crippen LogP contribution in [-0.4, -0.2) is 33.4 Å². The summed E-state index contributed by atoms with van der Waals surface area (Å²) in [6.45, 7) is 6.24. The molecule has 0 unspecified atom stereocenters. The number of nitrogens with one attached hydrogen (secondary N) is 1. The summed E-state index contributed by atoms with van der Waals surface area (Å²) in [5.41, 5.74) is 3.72. The van der Waals surface area contributed by atoms with Crippen LogP contribution in [0.4, 0.5) is 0 Å². The first-order chi connectivity index (χ1) is 16.7. The Hall–Kier alpha value is -3.44. The van der Waals surface area contributed by atoms with Crippen LogP contribution >= 0.6 is 0 Å². The van der Waals surface area contributed by atoms with Crippen molar-refractivity contribution in [2.45, 2.75) is 39.4 Å². The highest BCUT2D eigenvalue weighted by Crippen LogP contribution is 2.23. The molecule has 1 amide bonds. The van der Waals surface area contributed by atoms with E-state index < -0.39 is 0 Å². The van der Waals surface area contributed by atoms with Gasteiger partial charge in [0.05, 0.1) is 0 Å². The molecule has 1 aliphatic heterocycles. The molecule has 1 aromatic heterocycles. The number of hydrogen-bond donors (Lipinski definition) is 1. The molecule has 5 nitrogen and oxygen atoms in total. The summed E-state index contributed by atoms with van der Waals surface area (Å²) in [4.78, 5) is 19.6. The zero-order chi connectivity index (χ0) is 23.3. The largest absolute Gasteiger partial charge is 0.352 e. The lowest BCUT2D eigenvalue weighted by Gasteiger charge is -2.31. The number of benzene rings is 3. The van der Waals surface area contributed by atoms with Crippen LogP contribution < -0.4 is 5.32 Å². The number of piperidine rings is 1. The molecule has 0 bridgehead atoms. The first-order valence-electron chi connectivity index (χ1n) is 12.2. The number of fused-ring (bicyclic) bond motifs is 1. The average molecular weight is 453 g/mol. The van der Waals surface area contributed by atoms with Crippen molar-refractivity contribution in [2.75, 3.05) is 13.1 Å². The minimum atomic E-state index is 0.0977. The number of carbonyl (C=O) groups is 1. The smallest absolute Gasteiger partial charge is 0.223 e. The summed E-state index contributed by atoms with van der Waals surface area (Å²) in [7, 11) is 0. The molecule has 3 aromatic carbocycles. The van der Waals surface area contributed by atoms with E-state index in [0.29, 0.717) is 6.54 Å². The molecule has 1 N–H and O–H groups in total. The summed E-state index contributed by atoms with van der Waals surface area (Å²) >= 11 is 0. The molecule has 1 saturated heterocycles. The molecule has 5 heteroatoms. The van der Waals surface area contributed by atoms with E-state index in [2.05, 4.69) is 86.5 Å². The van der Waals surface area contributed by atoms with Gasteiger partial charge in [0.2, 0.25) is 5.91 Å². The van der Waals surface area contributed by atoms with Crippen molar-refractivity contribution >= 4 is 16.7 Å². The van der Waals surface area contributed by atoms with E-state index in [-0.39, 0.29) is 11.8 Å². The Bertz CT molecular complexity index is 1260. The van der Waals surface area contributed by atoms with Crippen molar-refractivity contribution in [3.8, 4) is 0 Å². The molecule has 34 heavy (non-hydrogen) atoms. The van der Waals surface area contributed by atoms with Gasteiger partial charge in [-0.3, -0.25) is 9.69 Å². The van der Waals surface area contributed by atoms with Gasteiger partial charge in [0.1, 0.15) is 5.82 Å². The zero-order valence-electron chi connectivity index (χ0n) is 19.8. The van der Waals surface area contributed by atoms with Crippen LogP contribution in [0, 0.1) is 12.8 Å². The average Bonchev–Trinajstić information content (AvgIpc) is 3.27. The molecule has 0 saturated carbocycles. The van der Waals surface area contributed by atoms with Gasteiger partial charge in [-0.15, -0.1) is 0 Å². The summed E-state index contributed by atoms with van der Waals surface area (Å²) in [6, 6.07) is 23.6. The van der Waals surface area contributed by atoms with Crippen molar-refractivity contribution in [2.24, 2.45) is 5.92 Å². The van der Waals surface area contributed by atoms with Gasteiger partial charge in [0.15, 0.2) is 0 Å². The van der Waals surface area contributed by atoms with Crippen LogP contribution in [0.3, 0.4) is 0 Å². The molecular formula is C29H32N4O. The molecule has 5 rings (SSSR count). The van der Waals surface area contributed by atoms with E-state index in [9.17, 15) is 4.79 Å². The van der Waals surface area contributed by atoms with Gasteiger partial charge in [-0.25, -0.2) is 4.98 Å². The molecular weight excluding hydrogens is 420 g/mol. The normalized spacial score (nSPS) is 15.0. The maximum Gasteiger partial charge on any atom is 0.223 e. The maximum absolute atomic E-state index is 12.9. The first-order valence-corrected chi connectivity index (χ1v) is 12.2. The topological polar surface area (TPSA) is 50.2 Å². The second-order valence-electron chi connectivity index (χ2n) is 9.33. The van der Waals surface area contributed by atoms with E-state index in [1.54, 1.807) is 0 Å². The minimum absolute atomic E-state index is 0.0977. The number of likely N-dealkylation sites (tertiary alicyclic amines) is 1. The fraction of sp³-hybridized carbons (Fsp3) is 0.310. The van der Waals surface area contributed by atoms with Crippen LogP contribution in [0.5, 0.6) is 0 Å². The molecule has 0 spiro atoms. The van der Waals surface area contributed by atoms with Gasteiger partial charge in [0.25, 0.3) is 0 Å². The zero-order valence-corrected chi connectivity index (χ0v) is 19.8. The molecule has 0 aliphatic carbocycles. The minimum Gasteiger partial charge on any atom is -0.352 e. The van der Waals surface area contributed by atoms with E-state index in [1.165, 1.54) is 21.9 Å². The molecule has 4 aromatic rings. The Balaban J connectivity index is 1.12. The molecule has 2 heterocycles. The first kappa shape index (κ1) is 22.4. The standard InChI is InChI=1S/C29H32N4O/c1-22-30-14-17-33(22)20-24-7-4-6-23(18-24)19-31-29(34)26-12-15-32(16-13-26)21-27-10-5-9-25-8-2-3-11-28(25)27/h2-11,14,17-18,26H,12-13,15-16,19-21H2,1H3,(H,31,34). The molecule has 0 atom stereocenters. The van der Waals surface area contributed by atoms with Gasteiger partial charge in [-0.2, -0.15) is 0 Å². The van der Waals surface area contributed by atoms with Gasteiger partial charge < -0.3 is 9.88 Å². The van der Waals surface area contributed by atoms with Gasteiger partial charge in [-0.1, -0.05) is 66.7 Å². The fourth-order valence-electron chi connectivity index (χ4n) is 4.96. The lowest BCUT2D eigenvalue weighted by molar-refractivity contribution is -0.126. The van der Waals surface area contributed by atoms with E-state index >= 15 is 0 Å². The summed E-state index contributed by atoms with van der Waals surface area (Å²) in [5, 5.41) is 5.80.